The van der Waals surface area contributed by atoms with E-state index in [0.717, 1.165) is 32.1 Å². The topological polar surface area (TPSA) is 100 Å². The largest absolute Gasteiger partial charge is 0.422 e. The van der Waals surface area contributed by atoms with E-state index in [1.807, 2.05) is 0 Å². The third kappa shape index (κ3) is 3.75. The second kappa shape index (κ2) is 7.23. The minimum absolute atomic E-state index is 0.207. The van der Waals surface area contributed by atoms with E-state index >= 15 is 0 Å². The first-order valence-corrected chi connectivity index (χ1v) is 9.19. The summed E-state index contributed by atoms with van der Waals surface area (Å²) in [5, 5.41) is 16.5. The fourth-order valence-corrected chi connectivity index (χ4v) is 3.20. The minimum atomic E-state index is -4.87. The maximum Gasteiger partial charge on any atom is 0.422 e. The molecule has 1 aliphatic rings. The van der Waals surface area contributed by atoms with Gasteiger partial charge in [-0.1, -0.05) is 0 Å². The van der Waals surface area contributed by atoms with Gasteiger partial charge in [-0.05, 0) is 32.4 Å². The zero-order chi connectivity index (χ0) is 20.6. The normalized spacial score (nSPS) is 19.8. The summed E-state index contributed by atoms with van der Waals surface area (Å²) < 4.78 is 41.0. The van der Waals surface area contributed by atoms with Gasteiger partial charge in [0, 0.05) is 25.0 Å². The lowest BCUT2D eigenvalue weighted by Gasteiger charge is -2.25. The summed E-state index contributed by atoms with van der Waals surface area (Å²) in [5.74, 6) is 0.433. The Balaban J connectivity index is 1.69. The molecule has 4 heterocycles. The average molecular weight is 407 g/mol. The third-order valence-electron chi connectivity index (χ3n) is 4.99. The first-order valence-electron chi connectivity index (χ1n) is 9.19. The van der Waals surface area contributed by atoms with E-state index in [1.165, 1.54) is 16.8 Å². The Morgan fingerprint density at radius 1 is 1.24 bits per heavy atom. The molecule has 11 heteroatoms. The zero-order valence-electron chi connectivity index (χ0n) is 15.6. The van der Waals surface area contributed by atoms with Crippen LogP contribution in [0.2, 0.25) is 0 Å². The van der Waals surface area contributed by atoms with Gasteiger partial charge >= 0.3 is 6.18 Å². The molecular weight excluding hydrogens is 387 g/mol. The van der Waals surface area contributed by atoms with Gasteiger partial charge in [0.05, 0.1) is 29.5 Å². The van der Waals surface area contributed by atoms with Crippen molar-refractivity contribution in [3.05, 3.63) is 36.5 Å². The first-order chi connectivity index (χ1) is 13.8. The van der Waals surface area contributed by atoms with Crippen LogP contribution in [0.4, 0.5) is 19.1 Å². The van der Waals surface area contributed by atoms with Gasteiger partial charge < -0.3 is 15.7 Å². The van der Waals surface area contributed by atoms with Crippen LogP contribution in [-0.2, 0) is 5.60 Å². The molecule has 3 aromatic rings. The number of piperidine rings is 1. The molecule has 0 aromatic carbocycles. The van der Waals surface area contributed by atoms with Crippen LogP contribution >= 0.6 is 0 Å². The summed E-state index contributed by atoms with van der Waals surface area (Å²) in [6.45, 7) is 2.46. The Morgan fingerprint density at radius 2 is 2.07 bits per heavy atom. The van der Waals surface area contributed by atoms with Gasteiger partial charge in [-0.2, -0.15) is 13.2 Å². The van der Waals surface area contributed by atoms with Crippen molar-refractivity contribution in [2.45, 2.75) is 37.6 Å². The Hall–Kier alpha value is -2.79. The highest BCUT2D eigenvalue weighted by atomic mass is 19.4. The van der Waals surface area contributed by atoms with Gasteiger partial charge in [0.1, 0.15) is 0 Å². The molecule has 154 valence electrons. The lowest BCUT2D eigenvalue weighted by atomic mass is 10.0. The summed E-state index contributed by atoms with van der Waals surface area (Å²) >= 11 is 0. The van der Waals surface area contributed by atoms with Crippen molar-refractivity contribution in [3.8, 4) is 11.4 Å². The van der Waals surface area contributed by atoms with Crippen LogP contribution in [0.15, 0.2) is 30.9 Å². The molecular formula is C18H20F3N7O. The highest BCUT2D eigenvalue weighted by molar-refractivity contribution is 5.60. The van der Waals surface area contributed by atoms with E-state index in [-0.39, 0.29) is 6.04 Å². The molecule has 8 nitrogen and oxygen atoms in total. The zero-order valence-corrected chi connectivity index (χ0v) is 15.6. The van der Waals surface area contributed by atoms with Gasteiger partial charge in [-0.15, -0.1) is 0 Å². The maximum atomic E-state index is 13.2. The molecule has 2 atom stereocenters. The number of alkyl halides is 3. The molecule has 0 radical (unpaired) electrons. The van der Waals surface area contributed by atoms with Gasteiger partial charge in [0.25, 0.3) is 0 Å². The summed E-state index contributed by atoms with van der Waals surface area (Å²) in [6, 6.07) is 1.86. The first kappa shape index (κ1) is 19.5. The van der Waals surface area contributed by atoms with Crippen LogP contribution in [0.5, 0.6) is 0 Å². The highest BCUT2D eigenvalue weighted by Gasteiger charge is 2.52. The van der Waals surface area contributed by atoms with Crippen LogP contribution in [0, 0.1) is 0 Å². The van der Waals surface area contributed by atoms with E-state index in [9.17, 15) is 18.3 Å². The predicted molar refractivity (Wildman–Crippen MR) is 99.2 cm³/mol. The van der Waals surface area contributed by atoms with Gasteiger partial charge in [-0.25, -0.2) is 15.0 Å². The van der Waals surface area contributed by atoms with E-state index in [1.54, 1.807) is 12.3 Å². The molecule has 3 N–H and O–H groups in total. The monoisotopic (exact) mass is 407 g/mol. The molecule has 1 unspecified atom stereocenters. The molecule has 0 saturated carbocycles. The number of aromatic nitrogens is 5. The van der Waals surface area contributed by atoms with Crippen molar-refractivity contribution >= 4 is 11.6 Å². The molecule has 0 bridgehead atoms. The molecule has 29 heavy (non-hydrogen) atoms. The Labute approximate surface area is 164 Å². The second-order valence-electron chi connectivity index (χ2n) is 7.17. The quantitative estimate of drug-likeness (QED) is 0.609. The standard InChI is InChI=1S/C18H20F3N7O/c1-17(29,18(19,20)21)14-10-28-13(8-25-15(28)9-24-14)12-4-6-23-16(27-12)26-11-3-2-5-22-7-11/h4,6,8-11,22,29H,2-3,5,7H2,1H3,(H,23,26,27)/t11?,17-/m1/s1. The Bertz CT molecular complexity index is 1010. The number of anilines is 1. The van der Waals surface area contributed by atoms with Crippen molar-refractivity contribution in [2.24, 2.45) is 0 Å². The highest BCUT2D eigenvalue weighted by Crippen LogP contribution is 2.37. The fraction of sp³-hybridized carbons (Fsp3) is 0.444. The van der Waals surface area contributed by atoms with E-state index in [2.05, 4.69) is 30.6 Å². The number of aliphatic hydroxyl groups is 1. The second-order valence-corrected chi connectivity index (χ2v) is 7.17. The van der Waals surface area contributed by atoms with Crippen molar-refractivity contribution in [3.63, 3.8) is 0 Å². The molecule has 1 fully saturated rings. The van der Waals surface area contributed by atoms with E-state index < -0.39 is 17.5 Å². The number of hydrogen-bond acceptors (Lipinski definition) is 7. The Kier molecular flexibility index (Phi) is 4.87. The van der Waals surface area contributed by atoms with Crippen LogP contribution in [0.25, 0.3) is 17.0 Å². The fourth-order valence-electron chi connectivity index (χ4n) is 3.20. The number of fused-ring (bicyclic) bond motifs is 1. The number of nitrogens with zero attached hydrogens (tertiary/aromatic N) is 5. The third-order valence-corrected chi connectivity index (χ3v) is 4.99. The number of imidazole rings is 1. The van der Waals surface area contributed by atoms with Gasteiger partial charge in [-0.3, -0.25) is 9.38 Å². The number of rotatable bonds is 4. The minimum Gasteiger partial charge on any atom is -0.375 e. The average Bonchev–Trinajstić information content (AvgIpc) is 3.11. The summed E-state index contributed by atoms with van der Waals surface area (Å²) in [5.41, 5.74) is -2.32. The van der Waals surface area contributed by atoms with Crippen molar-refractivity contribution < 1.29 is 18.3 Å². The van der Waals surface area contributed by atoms with Gasteiger partial charge in [0.15, 0.2) is 5.65 Å². The Morgan fingerprint density at radius 3 is 2.79 bits per heavy atom. The van der Waals surface area contributed by atoms with E-state index in [4.69, 9.17) is 0 Å². The van der Waals surface area contributed by atoms with Gasteiger partial charge in [0.2, 0.25) is 11.5 Å². The SMILES string of the molecule is C[C@@](O)(c1cn2c(-c3ccnc(NC4CCCNC4)n3)cnc2cn1)C(F)(F)F. The summed E-state index contributed by atoms with van der Waals surface area (Å²) in [7, 11) is 0. The van der Waals surface area contributed by atoms with Crippen molar-refractivity contribution in [2.75, 3.05) is 18.4 Å². The number of hydrogen-bond donors (Lipinski definition) is 3. The summed E-state index contributed by atoms with van der Waals surface area (Å²) in [6.07, 6.45) is 2.58. The molecule has 0 amide bonds. The molecule has 1 saturated heterocycles. The molecule has 4 rings (SSSR count). The van der Waals surface area contributed by atoms with Crippen LogP contribution in [-0.4, -0.2) is 54.8 Å². The van der Waals surface area contributed by atoms with E-state index in [0.29, 0.717) is 29.9 Å². The number of halogens is 3. The molecule has 0 aliphatic carbocycles. The van der Waals surface area contributed by atoms with Crippen molar-refractivity contribution in [1.82, 2.24) is 29.7 Å². The van der Waals surface area contributed by atoms with Crippen LogP contribution < -0.4 is 10.6 Å². The lowest BCUT2D eigenvalue weighted by Crippen LogP contribution is -2.40. The lowest BCUT2D eigenvalue weighted by molar-refractivity contribution is -0.260. The summed E-state index contributed by atoms with van der Waals surface area (Å²) in [4.78, 5) is 16.6. The smallest absolute Gasteiger partial charge is 0.375 e. The molecule has 3 aromatic heterocycles. The van der Waals surface area contributed by atoms with Crippen molar-refractivity contribution in [1.29, 1.82) is 0 Å². The van der Waals surface area contributed by atoms with Crippen LogP contribution in [0.1, 0.15) is 25.5 Å². The molecule has 0 spiro atoms. The maximum absolute atomic E-state index is 13.2. The van der Waals surface area contributed by atoms with Crippen LogP contribution in [0.3, 0.4) is 0 Å². The molecule has 1 aliphatic heterocycles. The number of nitrogens with one attached hydrogen (secondary N) is 2. The predicted octanol–water partition coefficient (Wildman–Crippen LogP) is 2.12.